The van der Waals surface area contributed by atoms with Gasteiger partial charge in [0.2, 0.25) is 0 Å². The highest BCUT2D eigenvalue weighted by Crippen LogP contribution is 2.08. The minimum absolute atomic E-state index is 0.0471. The van der Waals surface area contributed by atoms with E-state index in [0.717, 1.165) is 12.1 Å². The summed E-state index contributed by atoms with van der Waals surface area (Å²) >= 11 is 0. The van der Waals surface area contributed by atoms with Gasteiger partial charge in [0.1, 0.15) is 0 Å². The standard InChI is InChI=1S/C9H10F2N2O2/c10-7-2-1-6(5-8(7)11)9(14)13-3-4-15-12/h1-2,5H,3-4,12H2,(H,13,14). The van der Waals surface area contributed by atoms with Crippen LogP contribution in [0.4, 0.5) is 8.78 Å². The van der Waals surface area contributed by atoms with Crippen molar-refractivity contribution < 1.29 is 18.4 Å². The van der Waals surface area contributed by atoms with E-state index in [4.69, 9.17) is 5.90 Å². The van der Waals surface area contributed by atoms with Gasteiger partial charge in [0.25, 0.3) is 5.91 Å². The quantitative estimate of drug-likeness (QED) is 0.571. The van der Waals surface area contributed by atoms with Crippen LogP contribution in [-0.4, -0.2) is 19.1 Å². The zero-order valence-electron chi connectivity index (χ0n) is 7.80. The zero-order chi connectivity index (χ0) is 11.3. The summed E-state index contributed by atoms with van der Waals surface area (Å²) in [4.78, 5) is 15.5. The van der Waals surface area contributed by atoms with Crippen molar-refractivity contribution in [1.29, 1.82) is 0 Å². The van der Waals surface area contributed by atoms with Gasteiger partial charge in [-0.05, 0) is 18.2 Å². The van der Waals surface area contributed by atoms with Gasteiger partial charge < -0.3 is 10.2 Å². The van der Waals surface area contributed by atoms with Crippen LogP contribution in [0.5, 0.6) is 0 Å². The first-order valence-electron chi connectivity index (χ1n) is 4.20. The molecule has 1 aromatic carbocycles. The average molecular weight is 216 g/mol. The van der Waals surface area contributed by atoms with Gasteiger partial charge in [0, 0.05) is 12.1 Å². The lowest BCUT2D eigenvalue weighted by Gasteiger charge is -2.04. The van der Waals surface area contributed by atoms with Crippen LogP contribution in [0, 0.1) is 11.6 Å². The molecular weight excluding hydrogens is 206 g/mol. The van der Waals surface area contributed by atoms with Gasteiger partial charge >= 0.3 is 0 Å². The summed E-state index contributed by atoms with van der Waals surface area (Å²) in [6.07, 6.45) is 0. The first-order valence-corrected chi connectivity index (χ1v) is 4.20. The number of hydrogen-bond donors (Lipinski definition) is 2. The third-order valence-electron chi connectivity index (χ3n) is 1.69. The molecule has 0 aromatic heterocycles. The van der Waals surface area contributed by atoms with E-state index in [1.54, 1.807) is 0 Å². The van der Waals surface area contributed by atoms with E-state index >= 15 is 0 Å². The van der Waals surface area contributed by atoms with Crippen molar-refractivity contribution in [1.82, 2.24) is 5.32 Å². The van der Waals surface area contributed by atoms with Crippen molar-refractivity contribution in [3.05, 3.63) is 35.4 Å². The SMILES string of the molecule is NOCCNC(=O)c1ccc(F)c(F)c1. The Labute approximate surface area is 85.0 Å². The zero-order valence-corrected chi connectivity index (χ0v) is 7.80. The van der Waals surface area contributed by atoms with Crippen LogP contribution in [0.15, 0.2) is 18.2 Å². The van der Waals surface area contributed by atoms with Gasteiger partial charge in [-0.3, -0.25) is 4.79 Å². The number of amides is 1. The molecule has 0 radical (unpaired) electrons. The molecule has 3 N–H and O–H groups in total. The molecule has 82 valence electrons. The normalized spacial score (nSPS) is 10.1. The van der Waals surface area contributed by atoms with Gasteiger partial charge in [-0.1, -0.05) is 0 Å². The molecule has 1 aromatic rings. The van der Waals surface area contributed by atoms with E-state index in [1.807, 2.05) is 0 Å². The molecule has 15 heavy (non-hydrogen) atoms. The van der Waals surface area contributed by atoms with Crippen molar-refractivity contribution in [3.63, 3.8) is 0 Å². The van der Waals surface area contributed by atoms with E-state index in [-0.39, 0.29) is 18.7 Å². The van der Waals surface area contributed by atoms with Crippen LogP contribution >= 0.6 is 0 Å². The Hall–Kier alpha value is -1.53. The molecule has 6 heteroatoms. The lowest BCUT2D eigenvalue weighted by Crippen LogP contribution is -2.28. The molecule has 0 fully saturated rings. The topological polar surface area (TPSA) is 64.3 Å². The second-order valence-electron chi connectivity index (χ2n) is 2.76. The van der Waals surface area contributed by atoms with E-state index in [1.165, 1.54) is 6.07 Å². The fourth-order valence-electron chi connectivity index (χ4n) is 0.963. The average Bonchev–Trinajstić information content (AvgIpc) is 2.22. The predicted molar refractivity (Wildman–Crippen MR) is 48.8 cm³/mol. The first kappa shape index (κ1) is 11.5. The molecule has 1 amide bonds. The lowest BCUT2D eigenvalue weighted by molar-refractivity contribution is 0.0916. The Morgan fingerprint density at radius 3 is 2.73 bits per heavy atom. The predicted octanol–water partition coefficient (Wildman–Crippen LogP) is 0.585. The summed E-state index contributed by atoms with van der Waals surface area (Å²) < 4.78 is 25.3. The summed E-state index contributed by atoms with van der Waals surface area (Å²) in [5, 5.41) is 2.41. The summed E-state index contributed by atoms with van der Waals surface area (Å²) in [5.41, 5.74) is 0.0471. The molecule has 0 unspecified atom stereocenters. The van der Waals surface area contributed by atoms with E-state index in [9.17, 15) is 13.6 Å². The van der Waals surface area contributed by atoms with Crippen LogP contribution in [0.2, 0.25) is 0 Å². The smallest absolute Gasteiger partial charge is 0.251 e. The maximum absolute atomic E-state index is 12.7. The fraction of sp³-hybridized carbons (Fsp3) is 0.222. The van der Waals surface area contributed by atoms with Crippen molar-refractivity contribution in [2.45, 2.75) is 0 Å². The molecular formula is C9H10F2N2O2. The van der Waals surface area contributed by atoms with Gasteiger partial charge in [-0.2, -0.15) is 0 Å². The maximum atomic E-state index is 12.7. The number of nitrogens with one attached hydrogen (secondary N) is 1. The van der Waals surface area contributed by atoms with E-state index < -0.39 is 17.5 Å². The Kier molecular flexibility index (Phi) is 4.14. The number of halogens is 2. The largest absolute Gasteiger partial charge is 0.350 e. The highest BCUT2D eigenvalue weighted by molar-refractivity contribution is 5.94. The molecule has 4 nitrogen and oxygen atoms in total. The molecule has 0 bridgehead atoms. The molecule has 0 aliphatic heterocycles. The summed E-state index contributed by atoms with van der Waals surface area (Å²) in [6.45, 7) is 0.351. The number of rotatable bonds is 4. The van der Waals surface area contributed by atoms with Crippen molar-refractivity contribution in [2.24, 2.45) is 5.90 Å². The second kappa shape index (κ2) is 5.38. The van der Waals surface area contributed by atoms with Crippen molar-refractivity contribution in [2.75, 3.05) is 13.2 Å². The Bertz CT molecular complexity index is 358. The Morgan fingerprint density at radius 1 is 1.40 bits per heavy atom. The molecule has 0 heterocycles. The van der Waals surface area contributed by atoms with Crippen LogP contribution in [0.1, 0.15) is 10.4 Å². The summed E-state index contributed by atoms with van der Waals surface area (Å²) in [6, 6.07) is 2.91. The Balaban J connectivity index is 2.62. The van der Waals surface area contributed by atoms with E-state index in [2.05, 4.69) is 10.2 Å². The van der Waals surface area contributed by atoms with Gasteiger partial charge in [-0.25, -0.2) is 14.7 Å². The third kappa shape index (κ3) is 3.26. The van der Waals surface area contributed by atoms with Crippen LogP contribution < -0.4 is 11.2 Å². The highest BCUT2D eigenvalue weighted by Gasteiger charge is 2.08. The molecule has 0 atom stereocenters. The minimum Gasteiger partial charge on any atom is -0.350 e. The van der Waals surface area contributed by atoms with Gasteiger partial charge in [0.05, 0.1) is 6.61 Å². The molecule has 0 aliphatic carbocycles. The first-order chi connectivity index (χ1) is 7.15. The van der Waals surface area contributed by atoms with Gasteiger partial charge in [-0.15, -0.1) is 0 Å². The monoisotopic (exact) mass is 216 g/mol. The third-order valence-corrected chi connectivity index (χ3v) is 1.69. The van der Waals surface area contributed by atoms with Crippen molar-refractivity contribution >= 4 is 5.91 Å². The highest BCUT2D eigenvalue weighted by atomic mass is 19.2. The van der Waals surface area contributed by atoms with Gasteiger partial charge in [0.15, 0.2) is 11.6 Å². The lowest BCUT2D eigenvalue weighted by atomic mass is 10.2. The van der Waals surface area contributed by atoms with Crippen LogP contribution in [0.3, 0.4) is 0 Å². The summed E-state index contributed by atoms with van der Waals surface area (Å²) in [5.74, 6) is 2.18. The molecule has 1 rings (SSSR count). The number of benzene rings is 1. The molecule has 0 saturated carbocycles. The number of carbonyl (C=O) groups is 1. The summed E-state index contributed by atoms with van der Waals surface area (Å²) in [7, 11) is 0. The Morgan fingerprint density at radius 2 is 2.13 bits per heavy atom. The molecule has 0 saturated heterocycles. The molecule has 0 spiro atoms. The minimum atomic E-state index is -1.06. The molecule has 0 aliphatic rings. The fourth-order valence-corrected chi connectivity index (χ4v) is 0.963. The van der Waals surface area contributed by atoms with Crippen LogP contribution in [0.25, 0.3) is 0 Å². The number of nitrogens with two attached hydrogens (primary N) is 1. The second-order valence-corrected chi connectivity index (χ2v) is 2.76. The van der Waals surface area contributed by atoms with Crippen LogP contribution in [-0.2, 0) is 4.84 Å². The number of carbonyl (C=O) groups excluding carboxylic acids is 1. The van der Waals surface area contributed by atoms with E-state index in [0.29, 0.717) is 0 Å². The number of hydrogen-bond acceptors (Lipinski definition) is 3. The maximum Gasteiger partial charge on any atom is 0.251 e. The van der Waals surface area contributed by atoms with Crippen molar-refractivity contribution in [3.8, 4) is 0 Å².